The number of anilines is 3. The molecule has 0 bridgehead atoms. The number of rotatable bonds is 25. The summed E-state index contributed by atoms with van der Waals surface area (Å²) in [6.07, 6.45) is 0.666. The van der Waals surface area contributed by atoms with Gasteiger partial charge in [0.1, 0.15) is 6.04 Å². The van der Waals surface area contributed by atoms with E-state index >= 15 is 0 Å². The summed E-state index contributed by atoms with van der Waals surface area (Å²) in [5, 5.41) is 48.8. The van der Waals surface area contributed by atoms with E-state index < -0.39 is 92.8 Å². The standard InChI is InChI=1S/C34H45N13O13/c1-44(13-20-12-37-31-29(38-20)30(35)40-34(36)41-31)21-4-2-19(3-5-21)32(58)39-22(33(59)60)6-7-23(48)42-43-24(49)14-46(16-26(52)53)10-8-45(15-25(50)51)9-11-47(17-27(54)55)18-28(56)57/h2-5,12,22H,6-11,13-18H2,1H3,(H,39,58)(H,42,48)(H,43,49)(H,50,51)(H,52,53)(H,54,55)(H,56,57)(H,59,60)(H4,35,36,37,40,41). The van der Waals surface area contributed by atoms with E-state index in [9.17, 15) is 53.7 Å². The fourth-order valence-corrected chi connectivity index (χ4v) is 5.51. The monoisotopic (exact) mass is 843 g/mol. The van der Waals surface area contributed by atoms with E-state index in [2.05, 4.69) is 36.1 Å². The molecular formula is C34H45N13O13. The van der Waals surface area contributed by atoms with Crippen LogP contribution in [0.4, 0.5) is 17.5 Å². The Kier molecular flexibility index (Phi) is 17.7. The Bertz CT molecular complexity index is 2040. The molecule has 3 aromatic rings. The van der Waals surface area contributed by atoms with Crippen LogP contribution in [0.5, 0.6) is 0 Å². The number of carboxylic acid groups (broad SMARTS) is 5. The van der Waals surface area contributed by atoms with Crippen LogP contribution < -0.4 is 32.5 Å². The van der Waals surface area contributed by atoms with Gasteiger partial charge in [-0.3, -0.25) is 59.1 Å². The third kappa shape index (κ3) is 16.3. The van der Waals surface area contributed by atoms with E-state index in [0.29, 0.717) is 11.4 Å². The van der Waals surface area contributed by atoms with E-state index in [1.54, 1.807) is 24.1 Å². The van der Waals surface area contributed by atoms with Crippen molar-refractivity contribution in [2.75, 3.05) is 82.3 Å². The first kappa shape index (κ1) is 47.1. The van der Waals surface area contributed by atoms with Crippen molar-refractivity contribution in [3.05, 3.63) is 41.7 Å². The molecule has 0 radical (unpaired) electrons. The van der Waals surface area contributed by atoms with Crippen molar-refractivity contribution >= 4 is 76.2 Å². The number of nitrogen functional groups attached to an aromatic ring is 2. The van der Waals surface area contributed by atoms with Gasteiger partial charge in [0.15, 0.2) is 17.0 Å². The molecule has 0 aliphatic carbocycles. The van der Waals surface area contributed by atoms with Crippen LogP contribution in [0.15, 0.2) is 30.5 Å². The summed E-state index contributed by atoms with van der Waals surface area (Å²) in [6, 6.07) is 4.69. The summed E-state index contributed by atoms with van der Waals surface area (Å²) in [4.78, 5) is 117. The maximum Gasteiger partial charge on any atom is 0.326 e. The molecule has 0 saturated carbocycles. The summed E-state index contributed by atoms with van der Waals surface area (Å²) in [5.41, 5.74) is 17.5. The maximum atomic E-state index is 12.9. The predicted octanol–water partition coefficient (Wildman–Crippen LogP) is -3.42. The number of amides is 3. The van der Waals surface area contributed by atoms with Crippen LogP contribution in [0.1, 0.15) is 28.9 Å². The molecule has 12 N–H and O–H groups in total. The molecule has 1 atom stereocenters. The van der Waals surface area contributed by atoms with Crippen LogP contribution >= 0.6 is 0 Å². The van der Waals surface area contributed by atoms with Gasteiger partial charge >= 0.3 is 29.8 Å². The number of hydrazine groups is 1. The van der Waals surface area contributed by atoms with Gasteiger partial charge in [0, 0.05) is 50.9 Å². The van der Waals surface area contributed by atoms with Crippen molar-refractivity contribution in [3.63, 3.8) is 0 Å². The number of hydrogen-bond donors (Lipinski definition) is 10. The highest BCUT2D eigenvalue weighted by atomic mass is 16.4. The highest BCUT2D eigenvalue weighted by molar-refractivity contribution is 5.97. The minimum absolute atomic E-state index is 0.0336. The van der Waals surface area contributed by atoms with Crippen molar-refractivity contribution in [2.24, 2.45) is 0 Å². The SMILES string of the molecule is CN(Cc1cnc2nc(N)nc(N)c2n1)c1ccc(C(=O)NC(CCC(=O)NNC(=O)CN(CCN(CCN(CC(=O)O)CC(=O)O)CC(=O)O)CC(=O)O)C(=O)O)cc1. The fraction of sp³-hybridized carbons (Fsp3) is 0.412. The lowest BCUT2D eigenvalue weighted by Gasteiger charge is -2.27. The molecule has 0 aliphatic rings. The number of hydrogen-bond acceptors (Lipinski definition) is 18. The zero-order valence-corrected chi connectivity index (χ0v) is 32.2. The van der Waals surface area contributed by atoms with E-state index in [1.165, 1.54) is 23.2 Å². The van der Waals surface area contributed by atoms with Crippen LogP contribution in [0, 0.1) is 0 Å². The first-order valence-corrected chi connectivity index (χ1v) is 17.8. The Labute approximate surface area is 340 Å². The largest absolute Gasteiger partial charge is 0.480 e. The third-order valence-corrected chi connectivity index (χ3v) is 8.34. The van der Waals surface area contributed by atoms with E-state index in [4.69, 9.17) is 21.7 Å². The topological polar surface area (TPSA) is 390 Å². The molecule has 324 valence electrons. The number of benzene rings is 1. The van der Waals surface area contributed by atoms with Gasteiger partial charge in [0.25, 0.3) is 11.8 Å². The highest BCUT2D eigenvalue weighted by Gasteiger charge is 2.23. The van der Waals surface area contributed by atoms with E-state index in [0.717, 1.165) is 9.80 Å². The highest BCUT2D eigenvalue weighted by Crippen LogP contribution is 2.19. The average molecular weight is 844 g/mol. The molecule has 60 heavy (non-hydrogen) atoms. The lowest BCUT2D eigenvalue weighted by Crippen LogP contribution is -2.49. The first-order valence-electron chi connectivity index (χ1n) is 17.8. The summed E-state index contributed by atoms with van der Waals surface area (Å²) in [5.74, 6) is -9.05. The number of nitrogens with one attached hydrogen (secondary N) is 3. The second-order valence-corrected chi connectivity index (χ2v) is 13.2. The maximum absolute atomic E-state index is 12.9. The lowest BCUT2D eigenvalue weighted by atomic mass is 10.1. The number of nitrogens with zero attached hydrogens (tertiary/aromatic N) is 8. The first-order chi connectivity index (χ1) is 28.3. The summed E-state index contributed by atoms with van der Waals surface area (Å²) < 4.78 is 0. The van der Waals surface area contributed by atoms with Gasteiger partial charge < -0.3 is 47.2 Å². The molecule has 0 saturated heterocycles. The molecule has 26 nitrogen and oxygen atoms in total. The van der Waals surface area contributed by atoms with Crippen LogP contribution in [0.2, 0.25) is 0 Å². The summed E-state index contributed by atoms with van der Waals surface area (Å²) >= 11 is 0. The third-order valence-electron chi connectivity index (χ3n) is 8.34. The molecule has 2 heterocycles. The number of nitrogens with two attached hydrogens (primary N) is 2. The van der Waals surface area contributed by atoms with Crippen LogP contribution in [0.25, 0.3) is 11.2 Å². The van der Waals surface area contributed by atoms with Gasteiger partial charge in [-0.2, -0.15) is 9.97 Å². The molecule has 0 spiro atoms. The van der Waals surface area contributed by atoms with Crippen molar-refractivity contribution in [3.8, 4) is 0 Å². The normalized spacial score (nSPS) is 11.6. The van der Waals surface area contributed by atoms with Crippen LogP contribution in [-0.2, 0) is 40.1 Å². The van der Waals surface area contributed by atoms with E-state index in [-0.39, 0.29) is 67.6 Å². The van der Waals surface area contributed by atoms with Gasteiger partial charge in [-0.1, -0.05) is 0 Å². The average Bonchev–Trinajstić information content (AvgIpc) is 3.15. The molecule has 0 fully saturated rings. The van der Waals surface area contributed by atoms with Crippen LogP contribution in [-0.4, -0.2) is 180 Å². The zero-order chi connectivity index (χ0) is 44.5. The Morgan fingerprint density at radius 3 is 1.75 bits per heavy atom. The summed E-state index contributed by atoms with van der Waals surface area (Å²) in [6.45, 7) is -3.34. The van der Waals surface area contributed by atoms with Crippen molar-refractivity contribution in [1.29, 1.82) is 0 Å². The van der Waals surface area contributed by atoms with Gasteiger partial charge in [-0.25, -0.2) is 14.8 Å². The van der Waals surface area contributed by atoms with Crippen molar-refractivity contribution < 1.29 is 63.9 Å². The number of carbonyl (C=O) groups excluding carboxylic acids is 3. The Morgan fingerprint density at radius 1 is 0.683 bits per heavy atom. The predicted molar refractivity (Wildman–Crippen MR) is 207 cm³/mol. The fourth-order valence-electron chi connectivity index (χ4n) is 5.51. The molecule has 1 unspecified atom stereocenters. The Hall–Kier alpha value is -7.32. The molecular weight excluding hydrogens is 798 g/mol. The lowest BCUT2D eigenvalue weighted by molar-refractivity contribution is -0.143. The second kappa shape index (κ2) is 22.6. The number of fused-ring (bicyclic) bond motifs is 1. The number of aromatic nitrogens is 4. The molecule has 3 rings (SSSR count). The molecule has 1 aromatic carbocycles. The van der Waals surface area contributed by atoms with Crippen LogP contribution in [0.3, 0.4) is 0 Å². The molecule has 26 heteroatoms. The minimum atomic E-state index is -1.50. The van der Waals surface area contributed by atoms with Gasteiger partial charge in [-0.15, -0.1) is 0 Å². The number of aliphatic carboxylic acids is 5. The quantitative estimate of drug-likeness (QED) is 0.0371. The molecule has 2 aromatic heterocycles. The van der Waals surface area contributed by atoms with Gasteiger partial charge in [0.2, 0.25) is 11.9 Å². The minimum Gasteiger partial charge on any atom is -0.480 e. The Balaban J connectivity index is 1.49. The van der Waals surface area contributed by atoms with Gasteiger partial charge in [-0.05, 0) is 30.7 Å². The van der Waals surface area contributed by atoms with Crippen molar-refractivity contribution in [2.45, 2.75) is 25.4 Å². The number of carboxylic acids is 5. The van der Waals surface area contributed by atoms with Crippen molar-refractivity contribution in [1.82, 2.24) is 50.8 Å². The second-order valence-electron chi connectivity index (χ2n) is 13.2. The van der Waals surface area contributed by atoms with E-state index in [1.807, 2.05) is 0 Å². The summed E-state index contributed by atoms with van der Waals surface area (Å²) in [7, 11) is 1.76. The Morgan fingerprint density at radius 2 is 1.20 bits per heavy atom. The molecule has 0 aliphatic heterocycles. The molecule has 3 amide bonds. The zero-order valence-electron chi connectivity index (χ0n) is 32.2. The number of carbonyl (C=O) groups is 8. The smallest absolute Gasteiger partial charge is 0.326 e. The van der Waals surface area contributed by atoms with Gasteiger partial charge in [0.05, 0.1) is 51.2 Å².